The van der Waals surface area contributed by atoms with Crippen LogP contribution in [0.1, 0.15) is 18.8 Å². The highest BCUT2D eigenvalue weighted by Crippen LogP contribution is 2.32. The third-order valence-electron chi connectivity index (χ3n) is 6.96. The van der Waals surface area contributed by atoms with E-state index < -0.39 is 18.8 Å². The third kappa shape index (κ3) is 3.82. The third-order valence-corrected chi connectivity index (χ3v) is 6.96. The number of anilines is 2. The maximum atomic E-state index is 15.0. The first kappa shape index (κ1) is 23.0. The van der Waals surface area contributed by atoms with Crippen molar-refractivity contribution in [2.45, 2.75) is 38.1 Å². The normalized spacial score (nSPS) is 21.4. The molecule has 2 fully saturated rings. The number of nitrogens with one attached hydrogen (secondary N) is 2. The van der Waals surface area contributed by atoms with Gasteiger partial charge in [-0.05, 0) is 31.5 Å². The van der Waals surface area contributed by atoms with Crippen LogP contribution >= 0.6 is 0 Å². The molecule has 0 aromatic carbocycles. The lowest BCUT2D eigenvalue weighted by Crippen LogP contribution is -2.57. The molecule has 10 nitrogen and oxygen atoms in total. The van der Waals surface area contributed by atoms with Gasteiger partial charge < -0.3 is 15.4 Å². The first-order chi connectivity index (χ1) is 17.4. The van der Waals surface area contributed by atoms with E-state index in [0.29, 0.717) is 66.3 Å². The van der Waals surface area contributed by atoms with Crippen molar-refractivity contribution in [2.75, 3.05) is 44.0 Å². The zero-order chi connectivity index (χ0) is 25.0. The van der Waals surface area contributed by atoms with Crippen LogP contribution in [-0.4, -0.2) is 85.6 Å². The van der Waals surface area contributed by atoms with Crippen LogP contribution < -0.4 is 10.6 Å². The number of fused-ring (bicyclic) bond motifs is 2. The smallest absolute Gasteiger partial charge is 0.321 e. The number of likely N-dealkylation sites (tertiary alicyclic amines) is 1. The van der Waals surface area contributed by atoms with Crippen molar-refractivity contribution in [3.05, 3.63) is 30.2 Å². The number of rotatable bonds is 6. The average Bonchev–Trinajstić information content (AvgIpc) is 3.38. The lowest BCUT2D eigenvalue weighted by molar-refractivity contribution is -0.0794. The summed E-state index contributed by atoms with van der Waals surface area (Å²) < 4.78 is 49.8. The highest BCUT2D eigenvalue weighted by atomic mass is 19.3. The molecule has 0 amide bonds. The molecule has 36 heavy (non-hydrogen) atoms. The Hall–Kier alpha value is -3.45. The molecule has 6 rings (SSSR count). The molecule has 13 heteroatoms. The summed E-state index contributed by atoms with van der Waals surface area (Å²) in [7, 11) is 1.73. The van der Waals surface area contributed by atoms with Crippen LogP contribution in [0.25, 0.3) is 27.9 Å². The predicted molar refractivity (Wildman–Crippen MR) is 128 cm³/mol. The monoisotopic (exact) mass is 501 g/mol. The molecule has 2 aliphatic rings. The summed E-state index contributed by atoms with van der Waals surface area (Å²) in [5.41, 5.74) is 2.30. The van der Waals surface area contributed by atoms with Crippen LogP contribution in [0.5, 0.6) is 0 Å². The molecular formula is C23H26F3N9O. The van der Waals surface area contributed by atoms with Gasteiger partial charge in [0.15, 0.2) is 11.5 Å². The second kappa shape index (κ2) is 8.89. The summed E-state index contributed by atoms with van der Waals surface area (Å²) in [6, 6.07) is 5.12. The Kier molecular flexibility index (Phi) is 5.67. The number of hydrogen-bond acceptors (Lipinski definition) is 8. The summed E-state index contributed by atoms with van der Waals surface area (Å²) in [5.74, 6) is 1.00. The van der Waals surface area contributed by atoms with Gasteiger partial charge >= 0.3 is 6.55 Å². The Morgan fingerprint density at radius 2 is 1.97 bits per heavy atom. The Labute approximate surface area is 204 Å². The molecule has 0 radical (unpaired) electrons. The number of ether oxygens (including phenoxy) is 1. The van der Waals surface area contributed by atoms with E-state index in [1.807, 2.05) is 0 Å². The Balaban J connectivity index is 1.30. The molecule has 2 unspecified atom stereocenters. The quantitative estimate of drug-likeness (QED) is 0.416. The number of hydrogen-bond donors (Lipinski definition) is 2. The molecule has 0 saturated carbocycles. The number of halogens is 3. The standard InChI is InChI=1S/C23H26F3N9O/c1-12-28-18-4-3-16(29-21(18)35(12)22(25)26)14-5-8-34-19(14)20(27-2)31-23(32-34)30-17-6-7-33(9-15(17)24)13-10-36-11-13/h3-5,8,13,15,17,22H,6-7,9-11H2,1-2H3,(H2,27,30,31,32). The molecule has 190 valence electrons. The predicted octanol–water partition coefficient (Wildman–Crippen LogP) is 3.11. The van der Waals surface area contributed by atoms with Gasteiger partial charge in [0.25, 0.3) is 0 Å². The molecule has 0 bridgehead atoms. The number of alkyl halides is 3. The summed E-state index contributed by atoms with van der Waals surface area (Å²) in [4.78, 5) is 15.4. The first-order valence-electron chi connectivity index (χ1n) is 11.9. The fourth-order valence-electron chi connectivity index (χ4n) is 4.96. The zero-order valence-electron chi connectivity index (χ0n) is 19.8. The lowest BCUT2D eigenvalue weighted by atomic mass is 10.0. The van der Waals surface area contributed by atoms with Crippen molar-refractivity contribution in [2.24, 2.45) is 0 Å². The van der Waals surface area contributed by atoms with Crippen molar-refractivity contribution in [3.63, 3.8) is 0 Å². The highest BCUT2D eigenvalue weighted by Gasteiger charge is 2.35. The van der Waals surface area contributed by atoms with Crippen LogP contribution in [0, 0.1) is 6.92 Å². The molecular weight excluding hydrogens is 475 g/mol. The van der Waals surface area contributed by atoms with E-state index in [0.717, 1.165) is 11.1 Å². The average molecular weight is 502 g/mol. The minimum absolute atomic E-state index is 0.110. The molecule has 2 aliphatic heterocycles. The SMILES string of the molecule is CNc1nc(NC2CCN(C3COC3)CC2F)nn2ccc(-c3ccc4nc(C)n(C(F)F)c4n3)c12. The number of pyridine rings is 1. The van der Waals surface area contributed by atoms with Crippen molar-refractivity contribution < 1.29 is 17.9 Å². The van der Waals surface area contributed by atoms with Crippen LogP contribution in [-0.2, 0) is 4.74 Å². The minimum Gasteiger partial charge on any atom is -0.378 e. The zero-order valence-corrected chi connectivity index (χ0v) is 19.8. The molecule has 0 spiro atoms. The van der Waals surface area contributed by atoms with Crippen LogP contribution in [0.2, 0.25) is 0 Å². The fourth-order valence-corrected chi connectivity index (χ4v) is 4.96. The topological polar surface area (TPSA) is 97.4 Å². The van der Waals surface area contributed by atoms with Crippen molar-refractivity contribution in [1.29, 1.82) is 0 Å². The fraction of sp³-hybridized carbons (Fsp3) is 0.478. The molecule has 6 heterocycles. The van der Waals surface area contributed by atoms with Gasteiger partial charge in [0.2, 0.25) is 5.95 Å². The second-order valence-corrected chi connectivity index (χ2v) is 9.14. The van der Waals surface area contributed by atoms with Crippen LogP contribution in [0.3, 0.4) is 0 Å². The minimum atomic E-state index is -2.75. The lowest BCUT2D eigenvalue weighted by Gasteiger charge is -2.42. The van der Waals surface area contributed by atoms with E-state index in [1.54, 1.807) is 36.0 Å². The van der Waals surface area contributed by atoms with Crippen molar-refractivity contribution in [3.8, 4) is 11.3 Å². The van der Waals surface area contributed by atoms with Crippen LogP contribution in [0.15, 0.2) is 24.4 Å². The van der Waals surface area contributed by atoms with E-state index in [4.69, 9.17) is 4.74 Å². The van der Waals surface area contributed by atoms with Gasteiger partial charge in [-0.3, -0.25) is 9.47 Å². The van der Waals surface area contributed by atoms with Crippen molar-refractivity contribution in [1.82, 2.24) is 34.0 Å². The first-order valence-corrected chi connectivity index (χ1v) is 11.9. The Bertz CT molecular complexity index is 1420. The number of imidazole rings is 1. The Morgan fingerprint density at radius 3 is 2.67 bits per heavy atom. The van der Waals surface area contributed by atoms with Gasteiger partial charge in [0, 0.05) is 31.9 Å². The van der Waals surface area contributed by atoms with Gasteiger partial charge in [0.1, 0.15) is 23.0 Å². The van der Waals surface area contributed by atoms with E-state index >= 15 is 0 Å². The number of aromatic nitrogens is 6. The molecule has 0 aliphatic carbocycles. The Morgan fingerprint density at radius 1 is 1.14 bits per heavy atom. The maximum absolute atomic E-state index is 15.0. The summed E-state index contributed by atoms with van der Waals surface area (Å²) in [6.07, 6.45) is 1.31. The highest BCUT2D eigenvalue weighted by molar-refractivity contribution is 5.89. The van der Waals surface area contributed by atoms with Gasteiger partial charge in [-0.2, -0.15) is 13.8 Å². The van der Waals surface area contributed by atoms with Gasteiger partial charge in [-0.15, -0.1) is 5.10 Å². The molecule has 2 saturated heterocycles. The van der Waals surface area contributed by atoms with Gasteiger partial charge in [0.05, 0.1) is 31.0 Å². The molecule has 2 atom stereocenters. The summed E-state index contributed by atoms with van der Waals surface area (Å²) in [5, 5.41) is 10.8. The van der Waals surface area contributed by atoms with E-state index in [-0.39, 0.29) is 11.5 Å². The maximum Gasteiger partial charge on any atom is 0.321 e. The molecule has 4 aromatic rings. The van der Waals surface area contributed by atoms with Gasteiger partial charge in [-0.1, -0.05) is 0 Å². The number of nitrogens with zero attached hydrogens (tertiary/aromatic N) is 7. The summed E-state index contributed by atoms with van der Waals surface area (Å²) >= 11 is 0. The number of aryl methyl sites for hydroxylation is 1. The second-order valence-electron chi connectivity index (χ2n) is 9.14. The molecule has 2 N–H and O–H groups in total. The summed E-state index contributed by atoms with van der Waals surface area (Å²) in [6.45, 7) is 1.24. The van der Waals surface area contributed by atoms with E-state index in [1.165, 1.54) is 6.92 Å². The largest absolute Gasteiger partial charge is 0.378 e. The number of piperidine rings is 1. The van der Waals surface area contributed by atoms with E-state index in [2.05, 4.69) is 35.6 Å². The van der Waals surface area contributed by atoms with Crippen molar-refractivity contribution >= 4 is 28.4 Å². The van der Waals surface area contributed by atoms with E-state index in [9.17, 15) is 13.2 Å². The molecule has 4 aromatic heterocycles. The van der Waals surface area contributed by atoms with Crippen LogP contribution in [0.4, 0.5) is 24.9 Å². The van der Waals surface area contributed by atoms with Gasteiger partial charge in [-0.25, -0.2) is 18.9 Å².